The molecule has 20 heavy (non-hydrogen) atoms. The van der Waals surface area contributed by atoms with E-state index < -0.39 is 6.29 Å². The van der Waals surface area contributed by atoms with E-state index in [0.29, 0.717) is 0 Å². The molecule has 1 saturated carbocycles. The molecule has 0 radical (unpaired) electrons. The molecule has 1 aromatic rings. The second-order valence-corrected chi connectivity index (χ2v) is 5.19. The number of rotatable bonds is 3. The Morgan fingerprint density at radius 3 is 2.85 bits per heavy atom. The number of hydrogen-bond acceptors (Lipinski definition) is 4. The third-order valence-electron chi connectivity index (χ3n) is 3.73. The van der Waals surface area contributed by atoms with Crippen LogP contribution in [-0.4, -0.2) is 25.6 Å². The van der Waals surface area contributed by atoms with Crippen LogP contribution in [0.15, 0.2) is 18.2 Å². The number of ether oxygens (including phenoxy) is 3. The molecule has 0 amide bonds. The van der Waals surface area contributed by atoms with Gasteiger partial charge in [0.05, 0.1) is 6.10 Å². The molecule has 0 spiro atoms. The lowest BCUT2D eigenvalue weighted by molar-refractivity contribution is -0.286. The van der Waals surface area contributed by atoms with Crippen LogP contribution in [0.4, 0.5) is 14.5 Å². The van der Waals surface area contributed by atoms with E-state index in [1.807, 2.05) is 0 Å². The molecule has 1 heterocycles. The van der Waals surface area contributed by atoms with Crippen LogP contribution in [0.25, 0.3) is 0 Å². The van der Waals surface area contributed by atoms with Crippen molar-refractivity contribution >= 4 is 5.69 Å². The van der Waals surface area contributed by atoms with E-state index >= 15 is 0 Å². The van der Waals surface area contributed by atoms with Gasteiger partial charge in [-0.25, -0.2) is 0 Å². The second-order valence-electron chi connectivity index (χ2n) is 5.19. The number of methoxy groups -OCH3 is 1. The van der Waals surface area contributed by atoms with Gasteiger partial charge >= 0.3 is 6.29 Å². The molecule has 110 valence electrons. The van der Waals surface area contributed by atoms with Crippen LogP contribution in [-0.2, 0) is 4.74 Å². The highest BCUT2D eigenvalue weighted by atomic mass is 19.3. The van der Waals surface area contributed by atoms with Gasteiger partial charge in [-0.3, -0.25) is 0 Å². The Hall–Kier alpha value is -1.56. The van der Waals surface area contributed by atoms with Crippen LogP contribution in [0.1, 0.15) is 25.7 Å². The van der Waals surface area contributed by atoms with E-state index in [4.69, 9.17) is 4.74 Å². The molecular formula is C14H17F2NO3. The van der Waals surface area contributed by atoms with Gasteiger partial charge in [0.2, 0.25) is 0 Å². The Kier molecular flexibility index (Phi) is 3.41. The maximum absolute atomic E-state index is 12.9. The molecule has 1 fully saturated rings. The van der Waals surface area contributed by atoms with Gasteiger partial charge in [-0.15, -0.1) is 8.78 Å². The average molecular weight is 285 g/mol. The summed E-state index contributed by atoms with van der Waals surface area (Å²) in [5.74, 6) is 0.137. The third kappa shape index (κ3) is 2.80. The van der Waals surface area contributed by atoms with Gasteiger partial charge in [-0.2, -0.15) is 0 Å². The molecule has 4 nitrogen and oxygen atoms in total. The summed E-state index contributed by atoms with van der Waals surface area (Å²) in [4.78, 5) is 0. The average Bonchev–Trinajstić information content (AvgIpc) is 2.72. The van der Waals surface area contributed by atoms with Crippen LogP contribution >= 0.6 is 0 Å². The van der Waals surface area contributed by atoms with Crippen molar-refractivity contribution in [2.45, 2.75) is 44.1 Å². The van der Waals surface area contributed by atoms with Crippen molar-refractivity contribution in [1.82, 2.24) is 0 Å². The van der Waals surface area contributed by atoms with Gasteiger partial charge in [0.15, 0.2) is 11.5 Å². The summed E-state index contributed by atoms with van der Waals surface area (Å²) in [7, 11) is 1.72. The topological polar surface area (TPSA) is 39.7 Å². The van der Waals surface area contributed by atoms with Crippen LogP contribution in [0.5, 0.6) is 11.5 Å². The number of benzene rings is 1. The van der Waals surface area contributed by atoms with Crippen LogP contribution < -0.4 is 14.8 Å². The van der Waals surface area contributed by atoms with Gasteiger partial charge in [0, 0.05) is 24.9 Å². The third-order valence-corrected chi connectivity index (χ3v) is 3.73. The van der Waals surface area contributed by atoms with Crippen molar-refractivity contribution < 1.29 is 23.0 Å². The zero-order valence-electron chi connectivity index (χ0n) is 11.2. The summed E-state index contributed by atoms with van der Waals surface area (Å²) >= 11 is 0. The van der Waals surface area contributed by atoms with E-state index in [-0.39, 0.29) is 23.6 Å². The van der Waals surface area contributed by atoms with E-state index in [0.717, 1.165) is 31.4 Å². The predicted molar refractivity (Wildman–Crippen MR) is 69.3 cm³/mol. The quantitative estimate of drug-likeness (QED) is 0.924. The van der Waals surface area contributed by atoms with Crippen molar-refractivity contribution in [3.63, 3.8) is 0 Å². The summed E-state index contributed by atoms with van der Waals surface area (Å²) in [5, 5.41) is 3.34. The highest BCUT2D eigenvalue weighted by Gasteiger charge is 2.43. The van der Waals surface area contributed by atoms with E-state index in [1.165, 1.54) is 6.07 Å². The summed E-state index contributed by atoms with van der Waals surface area (Å²) in [6.45, 7) is 0. The lowest BCUT2D eigenvalue weighted by Crippen LogP contribution is -2.30. The number of fused-ring (bicyclic) bond motifs is 1. The molecule has 1 aliphatic carbocycles. The molecule has 1 aliphatic heterocycles. The summed E-state index contributed by atoms with van der Waals surface area (Å²) in [5.41, 5.74) is 0.756. The highest BCUT2D eigenvalue weighted by Crippen LogP contribution is 2.42. The zero-order valence-corrected chi connectivity index (χ0v) is 11.2. The van der Waals surface area contributed by atoms with Gasteiger partial charge in [-0.05, 0) is 37.8 Å². The minimum atomic E-state index is -3.56. The molecule has 1 aromatic carbocycles. The SMILES string of the molecule is COC1CCCC(Nc2ccc3c(c2)OC(F)(F)O3)C1. The van der Waals surface area contributed by atoms with E-state index in [9.17, 15) is 8.78 Å². The van der Waals surface area contributed by atoms with E-state index in [2.05, 4.69) is 14.8 Å². The van der Waals surface area contributed by atoms with Crippen molar-refractivity contribution in [3.05, 3.63) is 18.2 Å². The minimum absolute atomic E-state index is 0.0685. The number of anilines is 1. The van der Waals surface area contributed by atoms with Crippen molar-refractivity contribution in [3.8, 4) is 11.5 Å². The number of halogens is 2. The van der Waals surface area contributed by atoms with Crippen LogP contribution in [0.3, 0.4) is 0 Å². The predicted octanol–water partition coefficient (Wildman–Crippen LogP) is 3.38. The van der Waals surface area contributed by atoms with Crippen LogP contribution in [0, 0.1) is 0 Å². The zero-order chi connectivity index (χ0) is 14.2. The summed E-state index contributed by atoms with van der Waals surface area (Å²) in [6, 6.07) is 5.05. The van der Waals surface area contributed by atoms with Crippen molar-refractivity contribution in [2.75, 3.05) is 12.4 Å². The molecule has 2 unspecified atom stereocenters. The maximum atomic E-state index is 12.9. The molecule has 0 aromatic heterocycles. The summed E-state index contributed by atoms with van der Waals surface area (Å²) < 4.78 is 40.1. The lowest BCUT2D eigenvalue weighted by atomic mass is 9.92. The molecule has 2 atom stereocenters. The Morgan fingerprint density at radius 2 is 2.05 bits per heavy atom. The Bertz CT molecular complexity index is 495. The van der Waals surface area contributed by atoms with Crippen LogP contribution in [0.2, 0.25) is 0 Å². The van der Waals surface area contributed by atoms with Gasteiger partial charge < -0.3 is 19.5 Å². The maximum Gasteiger partial charge on any atom is 0.586 e. The lowest BCUT2D eigenvalue weighted by Gasteiger charge is -2.29. The molecule has 0 bridgehead atoms. The largest absolute Gasteiger partial charge is 0.586 e. The standard InChI is InChI=1S/C14H17F2NO3/c1-18-11-4-2-3-9(7-11)17-10-5-6-12-13(8-10)20-14(15,16)19-12/h5-6,8-9,11,17H,2-4,7H2,1H3. The van der Waals surface area contributed by atoms with Crippen molar-refractivity contribution in [2.24, 2.45) is 0 Å². The van der Waals surface area contributed by atoms with Crippen molar-refractivity contribution in [1.29, 1.82) is 0 Å². The highest BCUT2D eigenvalue weighted by molar-refractivity contribution is 5.56. The summed E-state index contributed by atoms with van der Waals surface area (Å²) in [6.07, 6.45) is 0.832. The van der Waals surface area contributed by atoms with Gasteiger partial charge in [-0.1, -0.05) is 0 Å². The smallest absolute Gasteiger partial charge is 0.395 e. The molecular weight excluding hydrogens is 268 g/mol. The first kappa shape index (κ1) is 13.4. The molecule has 6 heteroatoms. The fraction of sp³-hybridized carbons (Fsp3) is 0.571. The Morgan fingerprint density at radius 1 is 1.25 bits per heavy atom. The normalized spacial score (nSPS) is 27.4. The van der Waals surface area contributed by atoms with Gasteiger partial charge in [0.1, 0.15) is 0 Å². The minimum Gasteiger partial charge on any atom is -0.395 e. The first-order valence-corrected chi connectivity index (χ1v) is 6.75. The second kappa shape index (κ2) is 5.09. The fourth-order valence-electron chi connectivity index (χ4n) is 2.76. The number of alkyl halides is 2. The monoisotopic (exact) mass is 285 g/mol. The molecule has 2 aliphatic rings. The van der Waals surface area contributed by atoms with Gasteiger partial charge in [0.25, 0.3) is 0 Å². The first-order valence-electron chi connectivity index (χ1n) is 6.75. The fourth-order valence-corrected chi connectivity index (χ4v) is 2.76. The molecule has 3 rings (SSSR count). The molecule has 0 saturated heterocycles. The number of nitrogens with one attached hydrogen (secondary N) is 1. The number of hydrogen-bond donors (Lipinski definition) is 1. The Balaban J connectivity index is 1.67. The Labute approximate surface area is 116 Å². The van der Waals surface area contributed by atoms with E-state index in [1.54, 1.807) is 19.2 Å². The first-order chi connectivity index (χ1) is 9.55. The molecule has 1 N–H and O–H groups in total.